The van der Waals surface area contributed by atoms with E-state index < -0.39 is 0 Å². The molecule has 0 atom stereocenters. The fraction of sp³-hybridized carbons (Fsp3) is 0.308. The zero-order chi connectivity index (χ0) is 22.8. The van der Waals surface area contributed by atoms with Crippen LogP contribution in [0.1, 0.15) is 41.7 Å². The van der Waals surface area contributed by atoms with E-state index in [1.807, 2.05) is 56.4 Å². The molecule has 3 heterocycles. The number of aryl methyl sites for hydroxylation is 1. The summed E-state index contributed by atoms with van der Waals surface area (Å²) >= 11 is 0. The Morgan fingerprint density at radius 2 is 1.94 bits per heavy atom. The summed E-state index contributed by atoms with van der Waals surface area (Å²) in [4.78, 5) is 29.6. The number of carbonyl (C=O) groups is 1. The van der Waals surface area contributed by atoms with Crippen LogP contribution in [0.4, 0.5) is 0 Å². The Bertz CT molecular complexity index is 1290. The number of hydrogen-bond acceptors (Lipinski definition) is 6. The molecule has 1 fully saturated rings. The van der Waals surface area contributed by atoms with Gasteiger partial charge in [0.2, 0.25) is 0 Å². The van der Waals surface area contributed by atoms with Crippen molar-refractivity contribution in [2.75, 3.05) is 7.05 Å². The van der Waals surface area contributed by atoms with Crippen LogP contribution in [0.25, 0.3) is 33.5 Å². The lowest BCUT2D eigenvalue weighted by Gasteiger charge is -2.27. The Hall–Kier alpha value is -3.58. The molecule has 1 aromatic carbocycles. The quantitative estimate of drug-likeness (QED) is 0.437. The third kappa shape index (κ3) is 4.50. The topological polar surface area (TPSA) is 92.8 Å². The Balaban J connectivity index is 1.40. The van der Waals surface area contributed by atoms with Gasteiger partial charge in [-0.2, -0.15) is 0 Å². The predicted molar refractivity (Wildman–Crippen MR) is 128 cm³/mol. The van der Waals surface area contributed by atoms with Gasteiger partial charge < -0.3 is 15.0 Å². The molecule has 0 radical (unpaired) electrons. The Labute approximate surface area is 192 Å². The van der Waals surface area contributed by atoms with Gasteiger partial charge in [-0.25, -0.2) is 9.78 Å². The number of hydrogen-bond donors (Lipinski definition) is 2. The molecule has 2 N–H and O–H groups in total. The number of rotatable bonds is 5. The van der Waals surface area contributed by atoms with Crippen molar-refractivity contribution in [3.63, 3.8) is 0 Å². The van der Waals surface area contributed by atoms with Crippen molar-refractivity contribution in [3.8, 4) is 22.6 Å². The van der Waals surface area contributed by atoms with Crippen molar-refractivity contribution in [2.45, 2.75) is 44.8 Å². The molecule has 0 spiro atoms. The monoisotopic (exact) mass is 441 g/mol. The van der Waals surface area contributed by atoms with Crippen LogP contribution in [0.15, 0.2) is 55.0 Å². The van der Waals surface area contributed by atoms with Crippen LogP contribution in [-0.4, -0.2) is 45.1 Å². The lowest BCUT2D eigenvalue weighted by Crippen LogP contribution is -2.33. The summed E-state index contributed by atoms with van der Waals surface area (Å²) in [5.41, 5.74) is 5.67. The van der Waals surface area contributed by atoms with E-state index in [0.717, 1.165) is 64.9 Å². The second-order valence-corrected chi connectivity index (χ2v) is 8.59. The SMILES string of the molecule is CNC1CCC(OC(=O)c2cnc3ccc(-c4nc[nH]c4-c4cccc(C)n4)cc3c2)CC1. The lowest BCUT2D eigenvalue weighted by atomic mass is 9.93. The summed E-state index contributed by atoms with van der Waals surface area (Å²) < 4.78 is 5.78. The van der Waals surface area contributed by atoms with Gasteiger partial charge in [0.15, 0.2) is 0 Å². The molecule has 3 aromatic heterocycles. The van der Waals surface area contributed by atoms with Crippen LogP contribution >= 0.6 is 0 Å². The zero-order valence-corrected chi connectivity index (χ0v) is 18.8. The number of pyridine rings is 2. The van der Waals surface area contributed by atoms with E-state index >= 15 is 0 Å². The second kappa shape index (κ2) is 9.11. The average molecular weight is 442 g/mol. The first-order chi connectivity index (χ1) is 16.1. The van der Waals surface area contributed by atoms with Crippen molar-refractivity contribution in [1.29, 1.82) is 0 Å². The van der Waals surface area contributed by atoms with Gasteiger partial charge in [-0.1, -0.05) is 12.1 Å². The minimum absolute atomic E-state index is 0.0300. The first-order valence-corrected chi connectivity index (χ1v) is 11.4. The Morgan fingerprint density at radius 1 is 1.09 bits per heavy atom. The smallest absolute Gasteiger partial charge is 0.339 e. The van der Waals surface area contributed by atoms with Crippen molar-refractivity contribution in [2.24, 2.45) is 0 Å². The highest BCUT2D eigenvalue weighted by Crippen LogP contribution is 2.30. The third-order valence-corrected chi connectivity index (χ3v) is 6.33. The van der Waals surface area contributed by atoms with Crippen LogP contribution in [0.2, 0.25) is 0 Å². The summed E-state index contributed by atoms with van der Waals surface area (Å²) in [6.07, 6.45) is 7.06. The molecular formula is C26H27N5O2. The fourth-order valence-corrected chi connectivity index (χ4v) is 4.47. The third-order valence-electron chi connectivity index (χ3n) is 6.33. The second-order valence-electron chi connectivity index (χ2n) is 8.59. The largest absolute Gasteiger partial charge is 0.459 e. The first-order valence-electron chi connectivity index (χ1n) is 11.4. The molecule has 7 nitrogen and oxygen atoms in total. The lowest BCUT2D eigenvalue weighted by molar-refractivity contribution is 0.0188. The highest BCUT2D eigenvalue weighted by atomic mass is 16.5. The molecule has 0 aliphatic heterocycles. The van der Waals surface area contributed by atoms with E-state index in [1.54, 1.807) is 12.5 Å². The highest BCUT2D eigenvalue weighted by Gasteiger charge is 2.23. The van der Waals surface area contributed by atoms with Crippen LogP contribution in [-0.2, 0) is 4.74 Å². The van der Waals surface area contributed by atoms with Crippen LogP contribution in [0.5, 0.6) is 0 Å². The normalized spacial score (nSPS) is 18.4. The summed E-state index contributed by atoms with van der Waals surface area (Å²) in [7, 11) is 1.98. The van der Waals surface area contributed by atoms with Crippen LogP contribution in [0, 0.1) is 6.92 Å². The van der Waals surface area contributed by atoms with E-state index in [2.05, 4.69) is 25.3 Å². The number of nitrogens with one attached hydrogen (secondary N) is 2. The molecular weight excluding hydrogens is 414 g/mol. The minimum Gasteiger partial charge on any atom is -0.459 e. The number of aromatic amines is 1. The maximum Gasteiger partial charge on any atom is 0.339 e. The summed E-state index contributed by atoms with van der Waals surface area (Å²) in [6, 6.07) is 14.2. The van der Waals surface area contributed by atoms with E-state index in [9.17, 15) is 4.79 Å². The van der Waals surface area contributed by atoms with Crippen molar-refractivity contribution < 1.29 is 9.53 Å². The number of carbonyl (C=O) groups excluding carboxylic acids is 1. The summed E-state index contributed by atoms with van der Waals surface area (Å²) in [5.74, 6) is -0.313. The molecule has 5 rings (SSSR count). The van der Waals surface area contributed by atoms with Gasteiger partial charge in [0.1, 0.15) is 6.10 Å². The molecule has 4 aromatic rings. The highest BCUT2D eigenvalue weighted by molar-refractivity contribution is 5.95. The van der Waals surface area contributed by atoms with E-state index in [1.165, 1.54) is 0 Å². The molecule has 0 unspecified atom stereocenters. The van der Waals surface area contributed by atoms with Gasteiger partial charge in [-0.05, 0) is 70.0 Å². The number of H-pyrrole nitrogens is 1. The van der Waals surface area contributed by atoms with E-state index in [-0.39, 0.29) is 12.1 Å². The molecule has 7 heteroatoms. The standard InChI is InChI=1S/C26H27N5O2/c1-16-4-3-5-23(31-16)25-24(29-15-30-25)17-6-11-22-18(12-17)13-19(14-28-22)26(32)33-21-9-7-20(27-2)8-10-21/h3-6,11-15,20-21,27H,7-10H2,1-2H3,(H,29,30). The Morgan fingerprint density at radius 3 is 2.73 bits per heavy atom. The van der Waals surface area contributed by atoms with Crippen molar-refractivity contribution in [1.82, 2.24) is 25.3 Å². The maximum atomic E-state index is 12.8. The maximum absolute atomic E-state index is 12.8. The molecule has 0 bridgehead atoms. The zero-order valence-electron chi connectivity index (χ0n) is 18.8. The molecule has 0 amide bonds. The van der Waals surface area contributed by atoms with Gasteiger partial charge >= 0.3 is 5.97 Å². The van der Waals surface area contributed by atoms with Gasteiger partial charge in [0, 0.05) is 28.9 Å². The first kappa shape index (κ1) is 21.3. The van der Waals surface area contributed by atoms with E-state index in [4.69, 9.17) is 4.74 Å². The minimum atomic E-state index is -0.313. The Kier molecular flexibility index (Phi) is 5.88. The summed E-state index contributed by atoms with van der Waals surface area (Å²) in [6.45, 7) is 1.97. The van der Waals surface area contributed by atoms with Gasteiger partial charge in [0.05, 0.1) is 34.5 Å². The fourth-order valence-electron chi connectivity index (χ4n) is 4.47. The van der Waals surface area contributed by atoms with Gasteiger partial charge in [-0.3, -0.25) is 9.97 Å². The van der Waals surface area contributed by atoms with Crippen molar-refractivity contribution >= 4 is 16.9 Å². The van der Waals surface area contributed by atoms with Gasteiger partial charge in [0.25, 0.3) is 0 Å². The summed E-state index contributed by atoms with van der Waals surface area (Å²) in [5, 5.41) is 4.17. The number of esters is 1. The van der Waals surface area contributed by atoms with Crippen LogP contribution < -0.4 is 5.32 Å². The molecule has 1 aliphatic carbocycles. The van der Waals surface area contributed by atoms with Crippen molar-refractivity contribution in [3.05, 3.63) is 66.2 Å². The number of ether oxygens (including phenoxy) is 1. The van der Waals surface area contributed by atoms with Gasteiger partial charge in [-0.15, -0.1) is 0 Å². The number of aromatic nitrogens is 4. The molecule has 0 saturated heterocycles. The molecule has 33 heavy (non-hydrogen) atoms. The molecule has 1 aliphatic rings. The number of nitrogens with zero attached hydrogens (tertiary/aromatic N) is 3. The molecule has 168 valence electrons. The average Bonchev–Trinajstić information content (AvgIpc) is 3.34. The molecule has 1 saturated carbocycles. The van der Waals surface area contributed by atoms with E-state index in [0.29, 0.717) is 11.6 Å². The number of imidazole rings is 1. The predicted octanol–water partition coefficient (Wildman–Crippen LogP) is 4.68. The number of fused-ring (bicyclic) bond motifs is 1. The number of benzene rings is 1. The van der Waals surface area contributed by atoms with Crippen LogP contribution in [0.3, 0.4) is 0 Å².